The van der Waals surface area contributed by atoms with Gasteiger partial charge in [0.25, 0.3) is 0 Å². The van der Waals surface area contributed by atoms with Gasteiger partial charge in [-0.05, 0) is 48.3 Å². The van der Waals surface area contributed by atoms with Gasteiger partial charge in [0.1, 0.15) is 17.0 Å². The van der Waals surface area contributed by atoms with E-state index in [0.29, 0.717) is 22.2 Å². The summed E-state index contributed by atoms with van der Waals surface area (Å²) in [7, 11) is 0. The van der Waals surface area contributed by atoms with Crippen LogP contribution in [0, 0.1) is 17.2 Å². The van der Waals surface area contributed by atoms with Crippen molar-refractivity contribution in [3.63, 3.8) is 0 Å². The molecule has 4 nitrogen and oxygen atoms in total. The van der Waals surface area contributed by atoms with Gasteiger partial charge in [0.05, 0.1) is 16.6 Å². The van der Waals surface area contributed by atoms with Crippen LogP contribution in [0.2, 0.25) is 5.02 Å². The minimum Gasteiger partial charge on any atom is -0.261 e. The van der Waals surface area contributed by atoms with Crippen LogP contribution in [0.15, 0.2) is 29.6 Å². The maximum Gasteiger partial charge on any atom is 0.158 e. The third kappa shape index (κ3) is 3.88. The molecule has 0 saturated carbocycles. The molecule has 1 aliphatic carbocycles. The summed E-state index contributed by atoms with van der Waals surface area (Å²) in [5, 5.41) is 5.57. The molecule has 2 heterocycles. The number of hydrazone groups is 1. The van der Waals surface area contributed by atoms with Crippen molar-refractivity contribution in [1.82, 2.24) is 9.97 Å². The highest BCUT2D eigenvalue weighted by atomic mass is 35.5. The lowest BCUT2D eigenvalue weighted by Gasteiger charge is -2.36. The van der Waals surface area contributed by atoms with Crippen LogP contribution in [-0.4, -0.2) is 16.2 Å². The SMILES string of the molecule is CCC(C)(C)[C@H]1CCc2sc3ncnc(N/N=C/c4c(F)cccc4Cl)c3c2C1. The van der Waals surface area contributed by atoms with Gasteiger partial charge < -0.3 is 0 Å². The predicted octanol–water partition coefficient (Wildman–Crippen LogP) is 6.47. The number of aromatic nitrogens is 2. The van der Waals surface area contributed by atoms with Crippen LogP contribution < -0.4 is 5.43 Å². The third-order valence-corrected chi connectivity index (χ3v) is 7.75. The van der Waals surface area contributed by atoms with E-state index < -0.39 is 5.82 Å². The largest absolute Gasteiger partial charge is 0.261 e. The molecule has 1 atom stereocenters. The summed E-state index contributed by atoms with van der Waals surface area (Å²) in [5.74, 6) is 0.881. The van der Waals surface area contributed by atoms with Crippen molar-refractivity contribution < 1.29 is 4.39 Å². The Kier molecular flexibility index (Phi) is 5.58. The van der Waals surface area contributed by atoms with E-state index in [1.165, 1.54) is 29.1 Å². The van der Waals surface area contributed by atoms with Crippen LogP contribution in [0.5, 0.6) is 0 Å². The highest BCUT2D eigenvalue weighted by Gasteiger charge is 2.33. The molecule has 0 amide bonds. The monoisotopic (exact) mass is 430 g/mol. The van der Waals surface area contributed by atoms with Crippen molar-refractivity contribution >= 4 is 45.2 Å². The van der Waals surface area contributed by atoms with E-state index in [9.17, 15) is 4.39 Å². The van der Waals surface area contributed by atoms with Gasteiger partial charge in [-0.15, -0.1) is 11.3 Å². The maximum atomic E-state index is 14.0. The van der Waals surface area contributed by atoms with Crippen LogP contribution in [0.3, 0.4) is 0 Å². The summed E-state index contributed by atoms with van der Waals surface area (Å²) in [5.41, 5.74) is 4.89. The van der Waals surface area contributed by atoms with Gasteiger partial charge in [-0.3, -0.25) is 5.43 Å². The Morgan fingerprint density at radius 3 is 2.97 bits per heavy atom. The number of hydrogen-bond acceptors (Lipinski definition) is 5. The second kappa shape index (κ2) is 8.00. The fourth-order valence-corrected chi connectivity index (χ4v) is 5.34. The van der Waals surface area contributed by atoms with Gasteiger partial charge in [-0.25, -0.2) is 14.4 Å². The molecule has 2 aromatic heterocycles. The minimum absolute atomic E-state index is 0.254. The Balaban J connectivity index is 1.66. The average Bonchev–Trinajstić information content (AvgIpc) is 3.08. The average molecular weight is 431 g/mol. The second-order valence-corrected chi connectivity index (χ2v) is 9.68. The zero-order valence-electron chi connectivity index (χ0n) is 16.8. The molecule has 1 aromatic carbocycles. The number of nitrogens with zero attached hydrogens (tertiary/aromatic N) is 3. The molecule has 0 aliphatic heterocycles. The molecule has 0 fully saturated rings. The van der Waals surface area contributed by atoms with E-state index in [-0.39, 0.29) is 5.56 Å². The molecule has 152 valence electrons. The van der Waals surface area contributed by atoms with Gasteiger partial charge in [0, 0.05) is 10.4 Å². The zero-order chi connectivity index (χ0) is 20.6. The van der Waals surface area contributed by atoms with Crippen LogP contribution in [0.25, 0.3) is 10.2 Å². The van der Waals surface area contributed by atoms with Gasteiger partial charge in [-0.1, -0.05) is 44.9 Å². The van der Waals surface area contributed by atoms with E-state index >= 15 is 0 Å². The number of aryl methyl sites for hydroxylation is 1. The Labute approximate surface area is 179 Å². The summed E-state index contributed by atoms with van der Waals surface area (Å²) in [4.78, 5) is 11.3. The van der Waals surface area contributed by atoms with E-state index in [1.807, 2.05) is 0 Å². The van der Waals surface area contributed by atoms with Gasteiger partial charge >= 0.3 is 0 Å². The summed E-state index contributed by atoms with van der Waals surface area (Å²) in [6.45, 7) is 6.98. The summed E-state index contributed by atoms with van der Waals surface area (Å²) in [6.07, 6.45) is 7.42. The molecule has 7 heteroatoms. The molecular weight excluding hydrogens is 407 g/mol. The summed E-state index contributed by atoms with van der Waals surface area (Å²) < 4.78 is 14.0. The topological polar surface area (TPSA) is 50.2 Å². The van der Waals surface area contributed by atoms with Crippen molar-refractivity contribution in [2.75, 3.05) is 5.43 Å². The molecule has 0 radical (unpaired) electrons. The molecule has 4 rings (SSSR count). The van der Waals surface area contributed by atoms with E-state index in [2.05, 4.69) is 41.3 Å². The number of halogens is 2. The van der Waals surface area contributed by atoms with Crippen molar-refractivity contribution in [3.05, 3.63) is 51.4 Å². The van der Waals surface area contributed by atoms with E-state index in [0.717, 1.165) is 29.5 Å². The quantitative estimate of drug-likeness (QED) is 0.372. The van der Waals surface area contributed by atoms with Gasteiger partial charge in [-0.2, -0.15) is 5.10 Å². The lowest BCUT2D eigenvalue weighted by molar-refractivity contribution is 0.184. The van der Waals surface area contributed by atoms with Crippen molar-refractivity contribution in [2.24, 2.45) is 16.4 Å². The molecule has 0 spiro atoms. The van der Waals surface area contributed by atoms with Gasteiger partial charge in [0.15, 0.2) is 5.82 Å². The molecule has 3 aromatic rings. The fourth-order valence-electron chi connectivity index (χ4n) is 3.94. The highest BCUT2D eigenvalue weighted by molar-refractivity contribution is 7.19. The number of nitrogens with one attached hydrogen (secondary N) is 1. The van der Waals surface area contributed by atoms with Crippen LogP contribution in [-0.2, 0) is 12.8 Å². The normalized spacial score (nSPS) is 17.1. The third-order valence-electron chi connectivity index (χ3n) is 6.22. The van der Waals surface area contributed by atoms with Gasteiger partial charge in [0.2, 0.25) is 0 Å². The highest BCUT2D eigenvalue weighted by Crippen LogP contribution is 2.45. The standard InChI is InChI=1S/C22H24ClFN4S/c1-4-22(2,3)13-8-9-18-14(10-13)19-20(25-12-26-21(19)29-18)28-27-11-15-16(23)6-5-7-17(15)24/h5-7,11-13H,4,8-10H2,1-3H3,(H,25,26,28)/b27-11+/t13-/m0/s1. The Bertz CT molecular complexity index is 1060. The molecule has 0 saturated heterocycles. The summed E-state index contributed by atoms with van der Waals surface area (Å²) >= 11 is 7.82. The number of thiophene rings is 1. The Hall–Kier alpha value is -2.05. The Morgan fingerprint density at radius 2 is 2.21 bits per heavy atom. The van der Waals surface area contributed by atoms with Crippen LogP contribution in [0.4, 0.5) is 10.2 Å². The smallest absolute Gasteiger partial charge is 0.158 e. The first-order chi connectivity index (χ1) is 13.9. The first-order valence-electron chi connectivity index (χ1n) is 9.89. The lowest BCUT2D eigenvalue weighted by atomic mass is 9.69. The zero-order valence-corrected chi connectivity index (χ0v) is 18.4. The molecule has 29 heavy (non-hydrogen) atoms. The van der Waals surface area contributed by atoms with Crippen LogP contribution in [0.1, 0.15) is 49.6 Å². The predicted molar refractivity (Wildman–Crippen MR) is 120 cm³/mol. The van der Waals surface area contributed by atoms with Crippen molar-refractivity contribution in [3.8, 4) is 0 Å². The summed E-state index contributed by atoms with van der Waals surface area (Å²) in [6, 6.07) is 4.57. The fraction of sp³-hybridized carbons (Fsp3) is 0.409. The number of rotatable bonds is 5. The van der Waals surface area contributed by atoms with E-state index in [4.69, 9.17) is 11.6 Å². The molecule has 1 N–H and O–H groups in total. The first kappa shape index (κ1) is 20.2. The minimum atomic E-state index is -0.409. The molecule has 1 aliphatic rings. The van der Waals surface area contributed by atoms with Crippen molar-refractivity contribution in [1.29, 1.82) is 0 Å². The second-order valence-electron chi connectivity index (χ2n) is 8.19. The lowest BCUT2D eigenvalue weighted by Crippen LogP contribution is -2.28. The van der Waals surface area contributed by atoms with Crippen LogP contribution >= 0.6 is 22.9 Å². The number of hydrogen-bond donors (Lipinski definition) is 1. The number of fused-ring (bicyclic) bond motifs is 3. The Morgan fingerprint density at radius 1 is 1.38 bits per heavy atom. The first-order valence-corrected chi connectivity index (χ1v) is 11.1. The molecule has 0 bridgehead atoms. The molecular formula is C22H24ClFN4S. The maximum absolute atomic E-state index is 14.0. The van der Waals surface area contributed by atoms with Crippen molar-refractivity contribution in [2.45, 2.75) is 46.5 Å². The molecule has 0 unspecified atom stereocenters. The number of anilines is 1. The number of benzene rings is 1. The van der Waals surface area contributed by atoms with E-state index in [1.54, 1.807) is 29.8 Å².